The fraction of sp³-hybridized carbons (Fsp3) is 0.517. The monoisotopic (exact) mass is 598 g/mol. The van der Waals surface area contributed by atoms with E-state index >= 15 is 0 Å². The first kappa shape index (κ1) is 32.7. The number of fused-ring (bicyclic) bond motifs is 1. The van der Waals surface area contributed by atoms with Crippen LogP contribution in [0.1, 0.15) is 80.8 Å². The second kappa shape index (κ2) is 12.2. The number of hydrogen-bond donors (Lipinski definition) is 2. The molecule has 2 N–H and O–H groups in total. The Hall–Kier alpha value is -3.77. The van der Waals surface area contributed by atoms with Crippen LogP contribution in [0.2, 0.25) is 0 Å². The van der Waals surface area contributed by atoms with E-state index in [2.05, 4.69) is 15.6 Å². The molecule has 0 fully saturated rings. The molecule has 0 saturated carbocycles. The van der Waals surface area contributed by atoms with E-state index < -0.39 is 64.2 Å². The van der Waals surface area contributed by atoms with E-state index in [1.165, 1.54) is 4.90 Å². The number of benzene rings is 1. The molecule has 0 aliphatic carbocycles. The number of nitrogens with zero attached hydrogens (tertiary/aromatic N) is 2. The minimum atomic E-state index is -4.93. The summed E-state index contributed by atoms with van der Waals surface area (Å²) in [4.78, 5) is 43.5. The maximum atomic E-state index is 14.4. The number of carbonyl (C=O) groups is 3. The molecule has 2 heterocycles. The average Bonchev–Trinajstić information content (AvgIpc) is 2.82. The SMILES string of the molecule is CC(C)(C)NC(=O)c1cc2c(nc1C(F)(F)F)CN(C(=O)CC(Cc1cc(F)ccc1F)NC(=O)OC(C)(C)C)CC2. The third-order valence-electron chi connectivity index (χ3n) is 6.15. The number of pyridine rings is 1. The molecule has 3 amide bonds. The van der Waals surface area contributed by atoms with Crippen LogP contribution in [-0.4, -0.2) is 51.5 Å². The summed E-state index contributed by atoms with van der Waals surface area (Å²) in [5, 5.41) is 5.04. The minimum absolute atomic E-state index is 0.0120. The lowest BCUT2D eigenvalue weighted by Gasteiger charge is -2.31. The van der Waals surface area contributed by atoms with Gasteiger partial charge in [0.2, 0.25) is 5.91 Å². The van der Waals surface area contributed by atoms with E-state index in [0.717, 1.165) is 24.3 Å². The summed E-state index contributed by atoms with van der Waals surface area (Å²) in [7, 11) is 0. The lowest BCUT2D eigenvalue weighted by molar-refractivity contribution is -0.141. The zero-order chi connectivity index (χ0) is 31.6. The van der Waals surface area contributed by atoms with E-state index in [9.17, 15) is 36.3 Å². The second-order valence-corrected chi connectivity index (χ2v) is 12.2. The molecule has 13 heteroatoms. The number of carbonyl (C=O) groups excluding carboxylic acids is 3. The molecule has 8 nitrogen and oxygen atoms in total. The highest BCUT2D eigenvalue weighted by Gasteiger charge is 2.40. The smallest absolute Gasteiger partial charge is 0.434 e. The molecule has 1 aliphatic rings. The number of alkyl carbamates (subject to hydrolysis) is 1. The topological polar surface area (TPSA) is 101 Å². The molecular formula is C29H35F5N4O4. The number of alkyl halides is 3. The van der Waals surface area contributed by atoms with Gasteiger partial charge in [0.25, 0.3) is 5.91 Å². The van der Waals surface area contributed by atoms with Crippen LogP contribution in [0.5, 0.6) is 0 Å². The van der Waals surface area contributed by atoms with Gasteiger partial charge in [0.05, 0.1) is 17.8 Å². The predicted molar refractivity (Wildman–Crippen MR) is 143 cm³/mol. The summed E-state index contributed by atoms with van der Waals surface area (Å²) >= 11 is 0. The third-order valence-corrected chi connectivity index (χ3v) is 6.15. The summed E-state index contributed by atoms with van der Waals surface area (Å²) in [6.07, 6.45) is -6.29. The average molecular weight is 599 g/mol. The van der Waals surface area contributed by atoms with E-state index in [1.54, 1.807) is 41.5 Å². The highest BCUT2D eigenvalue weighted by Crippen LogP contribution is 2.33. The Morgan fingerprint density at radius 3 is 2.31 bits per heavy atom. The van der Waals surface area contributed by atoms with Gasteiger partial charge >= 0.3 is 12.3 Å². The summed E-state index contributed by atoms with van der Waals surface area (Å²) in [6.45, 7) is 9.64. The maximum absolute atomic E-state index is 14.4. The molecule has 42 heavy (non-hydrogen) atoms. The van der Waals surface area contributed by atoms with Crippen LogP contribution in [0.3, 0.4) is 0 Å². The van der Waals surface area contributed by atoms with Crippen molar-refractivity contribution in [3.05, 3.63) is 64.0 Å². The van der Waals surface area contributed by atoms with Crippen LogP contribution in [0.15, 0.2) is 24.3 Å². The normalized spacial score (nSPS) is 14.6. The first-order valence-corrected chi connectivity index (χ1v) is 13.4. The van der Waals surface area contributed by atoms with Crippen molar-refractivity contribution in [1.29, 1.82) is 0 Å². The summed E-state index contributed by atoms with van der Waals surface area (Å²) < 4.78 is 75.2. The van der Waals surface area contributed by atoms with Crippen molar-refractivity contribution >= 4 is 17.9 Å². The molecule has 1 atom stereocenters. The van der Waals surface area contributed by atoms with E-state index in [0.29, 0.717) is 5.56 Å². The van der Waals surface area contributed by atoms with Crippen LogP contribution in [0, 0.1) is 11.6 Å². The largest absolute Gasteiger partial charge is 0.444 e. The maximum Gasteiger partial charge on any atom is 0.434 e. The third kappa shape index (κ3) is 9.12. The summed E-state index contributed by atoms with van der Waals surface area (Å²) in [5.74, 6) is -2.90. The van der Waals surface area contributed by atoms with Gasteiger partial charge < -0.3 is 20.3 Å². The second-order valence-electron chi connectivity index (χ2n) is 12.2. The fourth-order valence-electron chi connectivity index (χ4n) is 4.43. The molecule has 0 radical (unpaired) electrons. The van der Waals surface area contributed by atoms with Crippen LogP contribution < -0.4 is 10.6 Å². The summed E-state index contributed by atoms with van der Waals surface area (Å²) in [6, 6.07) is 2.96. The lowest BCUT2D eigenvalue weighted by atomic mass is 9.98. The number of rotatable bonds is 6. The van der Waals surface area contributed by atoms with Crippen molar-refractivity contribution in [1.82, 2.24) is 20.5 Å². The van der Waals surface area contributed by atoms with Gasteiger partial charge in [-0.25, -0.2) is 18.6 Å². The quantitative estimate of drug-likeness (QED) is 0.439. The number of aromatic nitrogens is 1. The first-order valence-electron chi connectivity index (χ1n) is 13.4. The molecule has 2 aromatic rings. The zero-order valence-corrected chi connectivity index (χ0v) is 24.3. The molecule has 0 spiro atoms. The highest BCUT2D eigenvalue weighted by atomic mass is 19.4. The van der Waals surface area contributed by atoms with Gasteiger partial charge in [-0.1, -0.05) is 0 Å². The Kier molecular flexibility index (Phi) is 9.53. The van der Waals surface area contributed by atoms with Crippen molar-refractivity contribution in [2.75, 3.05) is 6.54 Å². The van der Waals surface area contributed by atoms with Gasteiger partial charge in [-0.15, -0.1) is 0 Å². The number of nitrogens with one attached hydrogen (secondary N) is 2. The standard InChI is InChI=1S/C29H35F5N4O4/c1-27(2,3)37-25(40)20-13-16-9-10-38(15-22(16)36-24(20)29(32,33)34)23(39)14-19(35-26(41)42-28(4,5)6)12-17-11-18(30)7-8-21(17)31/h7-8,11,13,19H,9-10,12,14-15H2,1-6H3,(H,35,41)(H,37,40). The van der Waals surface area contributed by atoms with Crippen molar-refractivity contribution in [3.8, 4) is 0 Å². The van der Waals surface area contributed by atoms with E-state index in [1.807, 2.05) is 0 Å². The minimum Gasteiger partial charge on any atom is -0.444 e. The molecule has 3 rings (SSSR count). The van der Waals surface area contributed by atoms with E-state index in [4.69, 9.17) is 4.74 Å². The van der Waals surface area contributed by atoms with Gasteiger partial charge in [0.15, 0.2) is 5.69 Å². The molecule has 1 unspecified atom stereocenters. The lowest BCUT2D eigenvalue weighted by Crippen LogP contribution is -2.45. The van der Waals surface area contributed by atoms with Crippen molar-refractivity contribution in [2.24, 2.45) is 0 Å². The molecule has 0 saturated heterocycles. The van der Waals surface area contributed by atoms with Crippen LogP contribution in [0.4, 0.5) is 26.7 Å². The van der Waals surface area contributed by atoms with Crippen LogP contribution in [-0.2, 0) is 35.1 Å². The van der Waals surface area contributed by atoms with Crippen molar-refractivity contribution in [2.45, 2.75) is 90.7 Å². The number of amides is 3. The van der Waals surface area contributed by atoms with Gasteiger partial charge in [0, 0.05) is 24.5 Å². The zero-order valence-electron chi connectivity index (χ0n) is 24.3. The van der Waals surface area contributed by atoms with Crippen LogP contribution in [0.25, 0.3) is 0 Å². The van der Waals surface area contributed by atoms with E-state index in [-0.39, 0.29) is 43.6 Å². The molecular weight excluding hydrogens is 563 g/mol. The number of halogens is 5. The Bertz CT molecular complexity index is 1350. The van der Waals surface area contributed by atoms with Crippen LogP contribution >= 0.6 is 0 Å². The highest BCUT2D eigenvalue weighted by molar-refractivity contribution is 5.96. The number of ether oxygens (including phenoxy) is 1. The molecule has 0 bridgehead atoms. The summed E-state index contributed by atoms with van der Waals surface area (Å²) in [5.41, 5.74) is -3.30. The van der Waals surface area contributed by atoms with Crippen molar-refractivity contribution in [3.63, 3.8) is 0 Å². The molecule has 230 valence electrons. The molecule has 1 aromatic carbocycles. The Morgan fingerprint density at radius 2 is 1.71 bits per heavy atom. The Balaban J connectivity index is 1.85. The van der Waals surface area contributed by atoms with Crippen molar-refractivity contribution < 1.29 is 41.1 Å². The number of hydrogen-bond acceptors (Lipinski definition) is 5. The molecule has 1 aromatic heterocycles. The fourth-order valence-corrected chi connectivity index (χ4v) is 4.43. The Labute approximate surface area is 241 Å². The van der Waals surface area contributed by atoms with Gasteiger partial charge in [-0.05, 0) is 89.8 Å². The van der Waals surface area contributed by atoms with Gasteiger partial charge in [-0.3, -0.25) is 9.59 Å². The Morgan fingerprint density at radius 1 is 1.05 bits per heavy atom. The molecule has 1 aliphatic heterocycles. The first-order chi connectivity index (χ1) is 19.2. The van der Waals surface area contributed by atoms with Gasteiger partial charge in [-0.2, -0.15) is 13.2 Å². The van der Waals surface area contributed by atoms with Gasteiger partial charge in [0.1, 0.15) is 17.2 Å². The predicted octanol–water partition coefficient (Wildman–Crippen LogP) is 5.32.